The van der Waals surface area contributed by atoms with Gasteiger partial charge in [0.2, 0.25) is 11.8 Å². The van der Waals surface area contributed by atoms with Crippen LogP contribution in [0.25, 0.3) is 0 Å². The van der Waals surface area contributed by atoms with Crippen molar-refractivity contribution in [2.75, 3.05) is 31.5 Å². The fraction of sp³-hybridized carbons (Fsp3) is 0.688. The molecule has 23 heavy (non-hydrogen) atoms. The third-order valence-corrected chi connectivity index (χ3v) is 4.06. The second-order valence-electron chi connectivity index (χ2n) is 7.04. The van der Waals surface area contributed by atoms with E-state index >= 15 is 0 Å². The Balaban J connectivity index is 1.91. The van der Waals surface area contributed by atoms with Gasteiger partial charge in [0.05, 0.1) is 17.4 Å². The molecule has 1 saturated heterocycles. The van der Waals surface area contributed by atoms with Gasteiger partial charge >= 0.3 is 0 Å². The van der Waals surface area contributed by atoms with E-state index in [-0.39, 0.29) is 23.4 Å². The number of hydrogen-bond donors (Lipinski definition) is 1. The smallest absolute Gasteiger partial charge is 0.244 e. The monoisotopic (exact) mass is 321 g/mol. The zero-order valence-corrected chi connectivity index (χ0v) is 14.7. The van der Waals surface area contributed by atoms with E-state index in [4.69, 9.17) is 0 Å². The molecule has 1 aliphatic heterocycles. The van der Waals surface area contributed by atoms with Crippen LogP contribution in [0.2, 0.25) is 0 Å². The summed E-state index contributed by atoms with van der Waals surface area (Å²) in [7, 11) is 0. The Hall–Kier alpha value is -2.05. The molecule has 0 saturated carbocycles. The number of aromatic nitrogens is 2. The summed E-state index contributed by atoms with van der Waals surface area (Å²) >= 11 is 0. The van der Waals surface area contributed by atoms with Crippen LogP contribution in [0.1, 0.15) is 34.6 Å². The van der Waals surface area contributed by atoms with Gasteiger partial charge in [-0.3, -0.25) is 14.3 Å². The highest BCUT2D eigenvalue weighted by Gasteiger charge is 2.26. The maximum atomic E-state index is 12.5. The first-order valence-corrected chi connectivity index (χ1v) is 8.04. The number of anilines is 1. The van der Waals surface area contributed by atoms with Crippen molar-refractivity contribution in [1.29, 1.82) is 0 Å². The first-order chi connectivity index (χ1) is 10.7. The van der Waals surface area contributed by atoms with E-state index in [0.29, 0.717) is 26.2 Å². The third kappa shape index (κ3) is 4.24. The number of hydrogen-bond acceptors (Lipinski definition) is 4. The Labute approximate surface area is 137 Å². The Morgan fingerprint density at radius 3 is 2.22 bits per heavy atom. The Kier molecular flexibility index (Phi) is 4.97. The molecule has 0 bridgehead atoms. The normalized spacial score (nSPS) is 17.1. The molecule has 1 aromatic heterocycles. The van der Waals surface area contributed by atoms with Gasteiger partial charge < -0.3 is 15.1 Å². The molecule has 7 heteroatoms. The summed E-state index contributed by atoms with van der Waals surface area (Å²) in [4.78, 5) is 27.4. The second-order valence-corrected chi connectivity index (χ2v) is 7.04. The summed E-state index contributed by atoms with van der Waals surface area (Å²) < 4.78 is 1.87. The molecule has 2 heterocycles. The van der Waals surface area contributed by atoms with Gasteiger partial charge in [-0.25, -0.2) is 0 Å². The molecule has 1 N–H and O–H groups in total. The van der Waals surface area contributed by atoms with Crippen LogP contribution in [0, 0.1) is 0 Å². The van der Waals surface area contributed by atoms with Gasteiger partial charge in [-0.05, 0) is 27.7 Å². The zero-order chi connectivity index (χ0) is 17.2. The number of carbonyl (C=O) groups is 2. The summed E-state index contributed by atoms with van der Waals surface area (Å²) in [5, 5.41) is 7.54. The fourth-order valence-electron chi connectivity index (χ4n) is 2.59. The van der Waals surface area contributed by atoms with Crippen molar-refractivity contribution in [3.63, 3.8) is 0 Å². The van der Waals surface area contributed by atoms with Crippen LogP contribution in [-0.4, -0.2) is 63.6 Å². The largest absolute Gasteiger partial charge is 0.371 e. The van der Waals surface area contributed by atoms with Gasteiger partial charge in [-0.2, -0.15) is 5.10 Å². The van der Waals surface area contributed by atoms with Crippen LogP contribution in [0.3, 0.4) is 0 Å². The summed E-state index contributed by atoms with van der Waals surface area (Å²) in [5.74, 6) is 0.120. The number of piperazine rings is 1. The molecule has 0 spiro atoms. The van der Waals surface area contributed by atoms with Crippen molar-refractivity contribution < 1.29 is 9.59 Å². The molecule has 7 nitrogen and oxygen atoms in total. The van der Waals surface area contributed by atoms with Gasteiger partial charge in [0.15, 0.2) is 0 Å². The lowest BCUT2D eigenvalue weighted by atomic mass is 10.1. The van der Waals surface area contributed by atoms with Crippen LogP contribution in [-0.2, 0) is 15.1 Å². The lowest BCUT2D eigenvalue weighted by molar-refractivity contribution is -0.138. The molecule has 1 atom stereocenters. The molecule has 128 valence electrons. The highest BCUT2D eigenvalue weighted by molar-refractivity contribution is 5.84. The van der Waals surface area contributed by atoms with E-state index in [2.05, 4.69) is 31.2 Å². The van der Waals surface area contributed by atoms with Gasteiger partial charge in [-0.15, -0.1) is 0 Å². The molecule has 1 fully saturated rings. The van der Waals surface area contributed by atoms with E-state index in [1.807, 2.05) is 22.7 Å². The summed E-state index contributed by atoms with van der Waals surface area (Å²) in [5.41, 5.74) is 0.749. The summed E-state index contributed by atoms with van der Waals surface area (Å²) in [6.45, 7) is 12.0. The van der Waals surface area contributed by atoms with Gasteiger partial charge in [-0.1, -0.05) is 0 Å². The number of nitrogens with one attached hydrogen (secondary N) is 1. The molecule has 0 aromatic carbocycles. The lowest BCUT2D eigenvalue weighted by Crippen LogP contribution is -2.53. The van der Waals surface area contributed by atoms with Crippen LogP contribution >= 0.6 is 0 Å². The number of amides is 2. The first kappa shape index (κ1) is 17.3. The lowest BCUT2D eigenvalue weighted by Gasteiger charge is -2.35. The van der Waals surface area contributed by atoms with Crippen LogP contribution in [0.5, 0.6) is 0 Å². The number of nitrogens with zero attached hydrogens (tertiary/aromatic N) is 4. The molecule has 0 radical (unpaired) electrons. The first-order valence-electron chi connectivity index (χ1n) is 8.04. The van der Waals surface area contributed by atoms with Crippen molar-refractivity contribution in [3.8, 4) is 0 Å². The fourth-order valence-corrected chi connectivity index (χ4v) is 2.59. The minimum absolute atomic E-state index is 0.0525. The van der Waals surface area contributed by atoms with Crippen LogP contribution in [0.4, 0.5) is 5.69 Å². The zero-order valence-electron chi connectivity index (χ0n) is 14.7. The van der Waals surface area contributed by atoms with Crippen molar-refractivity contribution in [2.24, 2.45) is 0 Å². The van der Waals surface area contributed by atoms with Crippen molar-refractivity contribution >= 4 is 17.5 Å². The SMILES string of the molecule is CC(=O)N1CCN(C(=O)C(C)Nc2cnn(C(C)(C)C)c2)CC1. The van der Waals surface area contributed by atoms with E-state index in [1.165, 1.54) is 0 Å². The average Bonchev–Trinajstić information content (AvgIpc) is 2.95. The van der Waals surface area contributed by atoms with E-state index in [9.17, 15) is 9.59 Å². The maximum Gasteiger partial charge on any atom is 0.244 e. The summed E-state index contributed by atoms with van der Waals surface area (Å²) in [6, 6.07) is -0.323. The number of rotatable bonds is 3. The van der Waals surface area contributed by atoms with Crippen molar-refractivity contribution in [2.45, 2.75) is 46.2 Å². The van der Waals surface area contributed by atoms with Crippen LogP contribution in [0.15, 0.2) is 12.4 Å². The topological polar surface area (TPSA) is 70.5 Å². The minimum atomic E-state index is -0.323. The molecule has 1 unspecified atom stereocenters. The molecular formula is C16H27N5O2. The molecule has 2 amide bonds. The number of carbonyl (C=O) groups excluding carboxylic acids is 2. The molecule has 1 aromatic rings. The van der Waals surface area contributed by atoms with E-state index in [1.54, 1.807) is 18.0 Å². The molecule has 0 aliphatic carbocycles. The average molecular weight is 321 g/mol. The summed E-state index contributed by atoms with van der Waals surface area (Å²) in [6.07, 6.45) is 3.65. The van der Waals surface area contributed by atoms with Gasteiger partial charge in [0, 0.05) is 39.3 Å². The Bertz CT molecular complexity index is 567. The highest BCUT2D eigenvalue weighted by atomic mass is 16.2. The van der Waals surface area contributed by atoms with Crippen molar-refractivity contribution in [1.82, 2.24) is 19.6 Å². The maximum absolute atomic E-state index is 12.5. The predicted molar refractivity (Wildman–Crippen MR) is 89.1 cm³/mol. The second kappa shape index (κ2) is 6.60. The minimum Gasteiger partial charge on any atom is -0.371 e. The quantitative estimate of drug-likeness (QED) is 0.906. The van der Waals surface area contributed by atoms with Gasteiger partial charge in [0.25, 0.3) is 0 Å². The molecular weight excluding hydrogens is 294 g/mol. The van der Waals surface area contributed by atoms with E-state index < -0.39 is 0 Å². The third-order valence-electron chi connectivity index (χ3n) is 4.06. The molecule has 1 aliphatic rings. The van der Waals surface area contributed by atoms with E-state index in [0.717, 1.165) is 5.69 Å². The Morgan fingerprint density at radius 2 is 1.74 bits per heavy atom. The van der Waals surface area contributed by atoms with Crippen LogP contribution < -0.4 is 5.32 Å². The molecule has 2 rings (SSSR count). The highest BCUT2D eigenvalue weighted by Crippen LogP contribution is 2.17. The Morgan fingerprint density at radius 1 is 1.17 bits per heavy atom. The standard InChI is InChI=1S/C16H27N5O2/c1-12(18-14-10-17-21(11-14)16(3,4)5)15(23)20-8-6-19(7-9-20)13(2)22/h10-12,18H,6-9H2,1-5H3. The van der Waals surface area contributed by atoms with Gasteiger partial charge in [0.1, 0.15) is 6.04 Å². The van der Waals surface area contributed by atoms with Crippen molar-refractivity contribution in [3.05, 3.63) is 12.4 Å². The predicted octanol–water partition coefficient (Wildman–Crippen LogP) is 1.13.